The zero-order chi connectivity index (χ0) is 14.4. The van der Waals surface area contributed by atoms with Gasteiger partial charge in [0.2, 0.25) is 0 Å². The van der Waals surface area contributed by atoms with Crippen LogP contribution >= 0.6 is 0 Å². The van der Waals surface area contributed by atoms with Crippen LogP contribution in [0.3, 0.4) is 0 Å². The van der Waals surface area contributed by atoms with E-state index < -0.39 is 5.60 Å². The van der Waals surface area contributed by atoms with Gasteiger partial charge in [0.1, 0.15) is 5.60 Å². The second kappa shape index (κ2) is 6.69. The summed E-state index contributed by atoms with van der Waals surface area (Å²) in [5.41, 5.74) is 1.22. The van der Waals surface area contributed by atoms with E-state index in [1.807, 2.05) is 48.5 Å². The van der Waals surface area contributed by atoms with E-state index in [2.05, 4.69) is 31.3 Å². The van der Waals surface area contributed by atoms with E-state index in [4.69, 9.17) is 0 Å². The Hall–Kier alpha value is -1.64. The molecule has 0 amide bonds. The maximum Gasteiger partial charge on any atom is 0.106 e. The molecular weight excluding hydrogens is 246 g/mol. The summed E-state index contributed by atoms with van der Waals surface area (Å²) >= 11 is 0. The fraction of sp³-hybridized carbons (Fsp3) is 0.333. The predicted octanol–water partition coefficient (Wildman–Crippen LogP) is 3.11. The zero-order valence-corrected chi connectivity index (χ0v) is 12.2. The molecule has 0 bridgehead atoms. The van der Waals surface area contributed by atoms with Crippen molar-refractivity contribution in [2.45, 2.75) is 31.9 Å². The maximum absolute atomic E-state index is 11.1. The Bertz CT molecular complexity index is 509. The molecule has 0 radical (unpaired) electrons. The molecular formula is C18H23NO. The zero-order valence-electron chi connectivity index (χ0n) is 12.2. The summed E-state index contributed by atoms with van der Waals surface area (Å²) in [4.78, 5) is 0. The Morgan fingerprint density at radius 2 is 1.50 bits per heavy atom. The highest BCUT2D eigenvalue weighted by atomic mass is 16.3. The lowest BCUT2D eigenvalue weighted by atomic mass is 9.87. The first-order valence-electron chi connectivity index (χ1n) is 7.15. The van der Waals surface area contributed by atoms with Gasteiger partial charge < -0.3 is 10.4 Å². The van der Waals surface area contributed by atoms with Gasteiger partial charge in [0.05, 0.1) is 0 Å². The van der Waals surface area contributed by atoms with Crippen LogP contribution < -0.4 is 5.32 Å². The molecule has 0 spiro atoms. The van der Waals surface area contributed by atoms with Crippen LogP contribution in [-0.4, -0.2) is 17.7 Å². The summed E-state index contributed by atoms with van der Waals surface area (Å²) in [7, 11) is 0. The van der Waals surface area contributed by atoms with E-state index in [-0.39, 0.29) is 0 Å². The molecule has 0 saturated heterocycles. The molecule has 2 heteroatoms. The smallest absolute Gasteiger partial charge is 0.106 e. The van der Waals surface area contributed by atoms with Gasteiger partial charge in [-0.1, -0.05) is 74.5 Å². The monoisotopic (exact) mass is 269 g/mol. The summed E-state index contributed by atoms with van der Waals surface area (Å²) < 4.78 is 0. The molecule has 0 aromatic heterocycles. The van der Waals surface area contributed by atoms with Crippen molar-refractivity contribution in [1.29, 1.82) is 0 Å². The van der Waals surface area contributed by atoms with Crippen molar-refractivity contribution in [3.8, 4) is 0 Å². The highest BCUT2D eigenvalue weighted by Crippen LogP contribution is 2.25. The highest BCUT2D eigenvalue weighted by molar-refractivity contribution is 5.27. The van der Waals surface area contributed by atoms with Crippen molar-refractivity contribution in [3.05, 3.63) is 71.8 Å². The third kappa shape index (κ3) is 3.92. The van der Waals surface area contributed by atoms with Gasteiger partial charge in [0.25, 0.3) is 0 Å². The van der Waals surface area contributed by atoms with Crippen LogP contribution in [0, 0.1) is 0 Å². The summed E-state index contributed by atoms with van der Waals surface area (Å²) in [6.07, 6.45) is 0.609. The second-order valence-corrected chi connectivity index (χ2v) is 5.60. The van der Waals surface area contributed by atoms with Crippen LogP contribution in [0.5, 0.6) is 0 Å². The molecule has 2 N–H and O–H groups in total. The fourth-order valence-corrected chi connectivity index (χ4v) is 2.32. The SMILES string of the molecule is CC(C)NCC(O)(Cc1ccccc1)c1ccccc1. The van der Waals surface area contributed by atoms with Gasteiger partial charge in [-0.3, -0.25) is 0 Å². The lowest BCUT2D eigenvalue weighted by molar-refractivity contribution is 0.0351. The average Bonchev–Trinajstić information content (AvgIpc) is 2.47. The van der Waals surface area contributed by atoms with Crippen molar-refractivity contribution in [1.82, 2.24) is 5.32 Å². The van der Waals surface area contributed by atoms with Crippen molar-refractivity contribution < 1.29 is 5.11 Å². The highest BCUT2D eigenvalue weighted by Gasteiger charge is 2.29. The Morgan fingerprint density at radius 1 is 0.950 bits per heavy atom. The first-order valence-corrected chi connectivity index (χ1v) is 7.15. The van der Waals surface area contributed by atoms with Crippen LogP contribution in [0.4, 0.5) is 0 Å². The number of aliphatic hydroxyl groups is 1. The standard InChI is InChI=1S/C18H23NO/c1-15(2)19-14-18(20,17-11-7-4-8-12-17)13-16-9-5-3-6-10-16/h3-12,15,19-20H,13-14H2,1-2H3. The van der Waals surface area contributed by atoms with Crippen molar-refractivity contribution in [2.24, 2.45) is 0 Å². The Kier molecular flexibility index (Phi) is 4.94. The van der Waals surface area contributed by atoms with Gasteiger partial charge in [0, 0.05) is 19.0 Å². The van der Waals surface area contributed by atoms with E-state index in [0.717, 1.165) is 11.1 Å². The average molecular weight is 269 g/mol. The topological polar surface area (TPSA) is 32.3 Å². The predicted molar refractivity (Wildman–Crippen MR) is 83.6 cm³/mol. The van der Waals surface area contributed by atoms with Crippen LogP contribution in [0.15, 0.2) is 60.7 Å². The van der Waals surface area contributed by atoms with Gasteiger partial charge in [-0.2, -0.15) is 0 Å². The number of hydrogen-bond donors (Lipinski definition) is 2. The molecule has 2 nitrogen and oxygen atoms in total. The fourth-order valence-electron chi connectivity index (χ4n) is 2.32. The number of benzene rings is 2. The number of hydrogen-bond acceptors (Lipinski definition) is 2. The largest absolute Gasteiger partial charge is 0.383 e. The molecule has 0 aliphatic carbocycles. The van der Waals surface area contributed by atoms with E-state index >= 15 is 0 Å². The second-order valence-electron chi connectivity index (χ2n) is 5.60. The van der Waals surface area contributed by atoms with Gasteiger partial charge in [-0.05, 0) is 11.1 Å². The Labute approximate surface area is 121 Å². The summed E-state index contributed by atoms with van der Waals surface area (Å²) in [6, 6.07) is 20.4. The van der Waals surface area contributed by atoms with Crippen molar-refractivity contribution in [3.63, 3.8) is 0 Å². The van der Waals surface area contributed by atoms with Crippen LogP contribution in [0.2, 0.25) is 0 Å². The normalized spacial score (nSPS) is 14.2. The van der Waals surface area contributed by atoms with Crippen LogP contribution in [0.1, 0.15) is 25.0 Å². The maximum atomic E-state index is 11.1. The molecule has 0 saturated carbocycles. The first kappa shape index (κ1) is 14.8. The number of nitrogens with one attached hydrogen (secondary N) is 1. The van der Waals surface area contributed by atoms with E-state index in [1.165, 1.54) is 0 Å². The lowest BCUT2D eigenvalue weighted by Gasteiger charge is -2.30. The minimum Gasteiger partial charge on any atom is -0.383 e. The molecule has 1 atom stereocenters. The lowest BCUT2D eigenvalue weighted by Crippen LogP contribution is -2.42. The molecule has 0 heterocycles. The third-order valence-corrected chi connectivity index (χ3v) is 3.45. The molecule has 20 heavy (non-hydrogen) atoms. The van der Waals surface area contributed by atoms with Gasteiger partial charge in [0.15, 0.2) is 0 Å². The van der Waals surface area contributed by atoms with E-state index in [9.17, 15) is 5.11 Å². The Morgan fingerprint density at radius 3 is 2.05 bits per heavy atom. The van der Waals surface area contributed by atoms with Crippen LogP contribution in [-0.2, 0) is 12.0 Å². The summed E-state index contributed by atoms with van der Waals surface area (Å²) in [5.74, 6) is 0. The molecule has 2 aromatic rings. The van der Waals surface area contributed by atoms with Gasteiger partial charge in [-0.25, -0.2) is 0 Å². The molecule has 2 aromatic carbocycles. The molecule has 2 rings (SSSR count). The summed E-state index contributed by atoms with van der Waals surface area (Å²) in [6.45, 7) is 4.73. The minimum atomic E-state index is -0.882. The summed E-state index contributed by atoms with van der Waals surface area (Å²) in [5, 5.41) is 14.5. The molecule has 0 fully saturated rings. The van der Waals surface area contributed by atoms with Crippen molar-refractivity contribution >= 4 is 0 Å². The molecule has 106 valence electrons. The van der Waals surface area contributed by atoms with E-state index in [0.29, 0.717) is 19.0 Å². The van der Waals surface area contributed by atoms with E-state index in [1.54, 1.807) is 0 Å². The quantitative estimate of drug-likeness (QED) is 0.844. The molecule has 0 aliphatic heterocycles. The molecule has 1 unspecified atom stereocenters. The Balaban J connectivity index is 2.24. The van der Waals surface area contributed by atoms with Gasteiger partial charge in [-0.15, -0.1) is 0 Å². The third-order valence-electron chi connectivity index (χ3n) is 3.45. The number of rotatable bonds is 6. The minimum absolute atomic E-state index is 0.348. The molecule has 0 aliphatic rings. The van der Waals surface area contributed by atoms with Crippen molar-refractivity contribution in [2.75, 3.05) is 6.54 Å². The van der Waals surface area contributed by atoms with Crippen LogP contribution in [0.25, 0.3) is 0 Å². The first-order chi connectivity index (χ1) is 9.60. The van der Waals surface area contributed by atoms with Gasteiger partial charge >= 0.3 is 0 Å².